The zero-order valence-electron chi connectivity index (χ0n) is 17.9. The number of aliphatic imine (C=N–C) groups is 1. The van der Waals surface area contributed by atoms with Gasteiger partial charge in [-0.2, -0.15) is 13.2 Å². The Morgan fingerprint density at radius 2 is 1.93 bits per heavy atom. The molecule has 0 aliphatic heterocycles. The van der Waals surface area contributed by atoms with Gasteiger partial charge in [0.1, 0.15) is 5.60 Å². The van der Waals surface area contributed by atoms with Gasteiger partial charge in [-0.3, -0.25) is 4.99 Å². The average molecular weight is 565 g/mol. The molecule has 1 amide bonds. The van der Waals surface area contributed by atoms with Crippen molar-refractivity contribution in [3.05, 3.63) is 16.1 Å². The van der Waals surface area contributed by atoms with Crippen LogP contribution in [0.4, 0.5) is 18.0 Å². The molecule has 0 aliphatic rings. The topological polar surface area (TPSA) is 78.9 Å². The highest BCUT2D eigenvalue weighted by molar-refractivity contribution is 14.0. The molecule has 0 spiro atoms. The number of hydrogen-bond donors (Lipinski definition) is 2. The van der Waals surface area contributed by atoms with E-state index in [2.05, 4.69) is 20.6 Å². The summed E-state index contributed by atoms with van der Waals surface area (Å²) in [6.07, 6.45) is -4.49. The Kier molecular flexibility index (Phi) is 12.6. The van der Waals surface area contributed by atoms with E-state index in [9.17, 15) is 18.0 Å². The molecular weight excluding hydrogens is 534 g/mol. The van der Waals surface area contributed by atoms with Crippen molar-refractivity contribution in [3.8, 4) is 0 Å². The number of carbonyl (C=O) groups is 1. The fourth-order valence-corrected chi connectivity index (χ4v) is 2.97. The van der Waals surface area contributed by atoms with Crippen LogP contribution >= 0.6 is 35.3 Å². The van der Waals surface area contributed by atoms with E-state index in [0.29, 0.717) is 50.1 Å². The normalized spacial score (nSPS) is 12.2. The van der Waals surface area contributed by atoms with Crippen LogP contribution in [0.3, 0.4) is 0 Å². The predicted octanol–water partition coefficient (Wildman–Crippen LogP) is 4.13. The molecule has 2 N–H and O–H groups in total. The van der Waals surface area contributed by atoms with Crippen molar-refractivity contribution in [2.24, 2.45) is 4.99 Å². The Balaban J connectivity index is 0.00000841. The first-order chi connectivity index (χ1) is 13.5. The van der Waals surface area contributed by atoms with E-state index in [1.165, 1.54) is 0 Å². The van der Waals surface area contributed by atoms with Gasteiger partial charge in [-0.05, 0) is 34.6 Å². The molecule has 0 fully saturated rings. The van der Waals surface area contributed by atoms with Gasteiger partial charge in [0.25, 0.3) is 0 Å². The Labute approximate surface area is 196 Å². The number of likely N-dealkylation sites (N-methyl/N-ethyl adjacent to an activating group) is 1. The third-order valence-electron chi connectivity index (χ3n) is 3.49. The van der Waals surface area contributed by atoms with Crippen LogP contribution in [0.5, 0.6) is 0 Å². The molecule has 0 bridgehead atoms. The molecule has 1 aromatic rings. The van der Waals surface area contributed by atoms with Gasteiger partial charge in [0, 0.05) is 44.5 Å². The van der Waals surface area contributed by atoms with Crippen molar-refractivity contribution in [1.29, 1.82) is 0 Å². The summed E-state index contributed by atoms with van der Waals surface area (Å²) < 4.78 is 43.1. The summed E-state index contributed by atoms with van der Waals surface area (Å²) >= 11 is 0.975. The van der Waals surface area contributed by atoms with Gasteiger partial charge in [0.15, 0.2) is 11.7 Å². The van der Waals surface area contributed by atoms with E-state index in [4.69, 9.17) is 4.74 Å². The van der Waals surface area contributed by atoms with Crippen LogP contribution in [-0.4, -0.2) is 60.3 Å². The lowest BCUT2D eigenvalue weighted by Gasteiger charge is -2.26. The van der Waals surface area contributed by atoms with Crippen LogP contribution in [0.25, 0.3) is 0 Å². The molecule has 0 unspecified atom stereocenters. The molecule has 12 heteroatoms. The second-order valence-electron chi connectivity index (χ2n) is 7.12. The number of amides is 1. The smallest absolute Gasteiger partial charge is 0.434 e. The van der Waals surface area contributed by atoms with Crippen LogP contribution in [0.15, 0.2) is 10.4 Å². The maximum atomic E-state index is 12.6. The largest absolute Gasteiger partial charge is 0.444 e. The minimum Gasteiger partial charge on any atom is -0.444 e. The minimum atomic E-state index is -4.42. The number of halogens is 4. The summed E-state index contributed by atoms with van der Waals surface area (Å²) in [5.74, 6) is 0.528. The number of guanidine groups is 1. The number of aromatic nitrogens is 1. The summed E-state index contributed by atoms with van der Waals surface area (Å²) in [5, 5.41) is 7.58. The highest BCUT2D eigenvalue weighted by Gasteiger charge is 2.33. The molecule has 1 rings (SSSR count). The average Bonchev–Trinajstić information content (AvgIpc) is 3.06. The lowest BCUT2D eigenvalue weighted by Crippen LogP contribution is -2.44. The molecule has 7 nitrogen and oxygen atoms in total. The van der Waals surface area contributed by atoms with Crippen LogP contribution in [0.2, 0.25) is 0 Å². The maximum Gasteiger partial charge on any atom is 0.434 e. The van der Waals surface area contributed by atoms with Gasteiger partial charge in [0.2, 0.25) is 0 Å². The number of carbonyl (C=O) groups excluding carboxylic acids is 1. The van der Waals surface area contributed by atoms with Crippen molar-refractivity contribution in [2.75, 3.05) is 32.7 Å². The Bertz CT molecular complexity index is 678. The third-order valence-corrected chi connectivity index (χ3v) is 4.40. The molecule has 0 saturated heterocycles. The maximum absolute atomic E-state index is 12.6. The molecule has 1 heterocycles. The van der Waals surface area contributed by atoms with Crippen LogP contribution in [0, 0.1) is 0 Å². The molecular formula is C18H31F3IN5O2S. The van der Waals surface area contributed by atoms with E-state index < -0.39 is 17.5 Å². The Morgan fingerprint density at radius 1 is 1.27 bits per heavy atom. The summed E-state index contributed by atoms with van der Waals surface area (Å²) in [6.45, 7) is 11.5. The van der Waals surface area contributed by atoms with Gasteiger partial charge >= 0.3 is 12.3 Å². The molecule has 0 aromatic carbocycles. The first-order valence-electron chi connectivity index (χ1n) is 9.48. The van der Waals surface area contributed by atoms with Gasteiger partial charge < -0.3 is 20.3 Å². The standard InChI is InChI=1S/C18H30F3N5O2S.HI/c1-6-22-15(23-9-8-14-25-13(12-29-14)18(19,20)21)24-10-11-26(7-2)16(27)28-17(3,4)5;/h12H,6-11H2,1-5H3,(H2,22,23,24);1H. The number of nitrogens with zero attached hydrogens (tertiary/aromatic N) is 3. The van der Waals surface area contributed by atoms with Gasteiger partial charge in [-0.15, -0.1) is 35.3 Å². The number of ether oxygens (including phenoxy) is 1. The van der Waals surface area contributed by atoms with Crippen molar-refractivity contribution in [2.45, 2.75) is 52.8 Å². The van der Waals surface area contributed by atoms with Gasteiger partial charge in [-0.1, -0.05) is 0 Å². The molecule has 30 heavy (non-hydrogen) atoms. The van der Waals surface area contributed by atoms with Gasteiger partial charge in [-0.25, -0.2) is 9.78 Å². The summed E-state index contributed by atoms with van der Waals surface area (Å²) in [7, 11) is 0. The highest BCUT2D eigenvalue weighted by Crippen LogP contribution is 2.30. The minimum absolute atomic E-state index is 0. The fraction of sp³-hybridized carbons (Fsp3) is 0.722. The first kappa shape index (κ1) is 28.7. The zero-order chi connectivity index (χ0) is 22.1. The van der Waals surface area contributed by atoms with E-state index in [-0.39, 0.29) is 30.1 Å². The van der Waals surface area contributed by atoms with E-state index >= 15 is 0 Å². The van der Waals surface area contributed by atoms with Crippen molar-refractivity contribution in [1.82, 2.24) is 20.5 Å². The fourth-order valence-electron chi connectivity index (χ4n) is 2.18. The molecule has 0 aliphatic carbocycles. The molecule has 0 radical (unpaired) electrons. The number of alkyl halides is 3. The highest BCUT2D eigenvalue weighted by atomic mass is 127. The van der Waals surface area contributed by atoms with Crippen molar-refractivity contribution >= 4 is 47.4 Å². The second-order valence-corrected chi connectivity index (χ2v) is 8.06. The summed E-state index contributed by atoms with van der Waals surface area (Å²) in [4.78, 5) is 21.7. The number of rotatable bonds is 8. The molecule has 0 atom stereocenters. The van der Waals surface area contributed by atoms with Crippen molar-refractivity contribution < 1.29 is 22.7 Å². The van der Waals surface area contributed by atoms with E-state index in [0.717, 1.165) is 16.7 Å². The van der Waals surface area contributed by atoms with Crippen molar-refractivity contribution in [3.63, 3.8) is 0 Å². The quantitative estimate of drug-likeness (QED) is 0.282. The van der Waals surface area contributed by atoms with E-state index in [1.807, 2.05) is 34.6 Å². The first-order valence-corrected chi connectivity index (χ1v) is 10.4. The number of hydrogen-bond acceptors (Lipinski definition) is 5. The predicted molar refractivity (Wildman–Crippen MR) is 124 cm³/mol. The van der Waals surface area contributed by atoms with E-state index in [1.54, 1.807) is 4.90 Å². The van der Waals surface area contributed by atoms with Crippen LogP contribution < -0.4 is 10.6 Å². The summed E-state index contributed by atoms with van der Waals surface area (Å²) in [5.41, 5.74) is -1.43. The number of nitrogens with one attached hydrogen (secondary N) is 2. The molecule has 1 aromatic heterocycles. The third kappa shape index (κ3) is 11.2. The molecule has 0 saturated carbocycles. The van der Waals surface area contributed by atoms with Crippen LogP contribution in [-0.2, 0) is 17.3 Å². The lowest BCUT2D eigenvalue weighted by atomic mass is 10.2. The van der Waals surface area contributed by atoms with Gasteiger partial charge in [0.05, 0.1) is 5.01 Å². The Morgan fingerprint density at radius 3 is 2.43 bits per heavy atom. The summed E-state index contributed by atoms with van der Waals surface area (Å²) in [6, 6.07) is 0. The zero-order valence-corrected chi connectivity index (χ0v) is 21.1. The Hall–Kier alpha value is -1.31. The lowest BCUT2D eigenvalue weighted by molar-refractivity contribution is -0.140. The van der Waals surface area contributed by atoms with Crippen LogP contribution in [0.1, 0.15) is 45.3 Å². The molecule has 174 valence electrons. The number of thiazole rings is 1. The monoisotopic (exact) mass is 565 g/mol. The second kappa shape index (κ2) is 13.2. The SMILES string of the molecule is CCNC(=NCCc1nc(C(F)(F)F)cs1)NCCN(CC)C(=O)OC(C)(C)C.I.